The Morgan fingerprint density at radius 3 is 3.00 bits per heavy atom. The zero-order valence-electron chi connectivity index (χ0n) is 8.11. The molecule has 2 aliphatic rings. The van der Waals surface area contributed by atoms with E-state index in [1.807, 2.05) is 0 Å². The molecule has 3 nitrogen and oxygen atoms in total. The highest BCUT2D eigenvalue weighted by Crippen LogP contribution is 2.36. The zero-order chi connectivity index (χ0) is 10.4. The van der Waals surface area contributed by atoms with Crippen molar-refractivity contribution in [2.24, 2.45) is 5.92 Å². The van der Waals surface area contributed by atoms with Crippen LogP contribution >= 0.6 is 34.2 Å². The van der Waals surface area contributed by atoms with E-state index in [9.17, 15) is 0 Å². The third kappa shape index (κ3) is 1.82. The van der Waals surface area contributed by atoms with Crippen molar-refractivity contribution in [1.29, 1.82) is 0 Å². The smallest absolute Gasteiger partial charge is 0.156 e. The largest absolute Gasteiger partial charge is 0.289 e. The molecule has 1 aliphatic carbocycles. The number of rotatable bonds is 2. The summed E-state index contributed by atoms with van der Waals surface area (Å²) in [7, 11) is 0. The molecule has 1 aromatic heterocycles. The first-order valence-electron chi connectivity index (χ1n) is 5.16. The molecule has 0 saturated heterocycles. The molecule has 0 bridgehead atoms. The van der Waals surface area contributed by atoms with Gasteiger partial charge in [0.25, 0.3) is 0 Å². The van der Waals surface area contributed by atoms with Crippen molar-refractivity contribution in [1.82, 2.24) is 14.8 Å². The Morgan fingerprint density at radius 2 is 2.27 bits per heavy atom. The van der Waals surface area contributed by atoms with Crippen molar-refractivity contribution < 1.29 is 0 Å². The van der Waals surface area contributed by atoms with Gasteiger partial charge in [-0.1, -0.05) is 28.7 Å². The predicted molar refractivity (Wildman–Crippen MR) is 68.2 cm³/mol. The van der Waals surface area contributed by atoms with Crippen LogP contribution in [0, 0.1) is 5.92 Å². The average molecular weight is 336 g/mol. The summed E-state index contributed by atoms with van der Waals surface area (Å²) in [6.45, 7) is 0. The monoisotopic (exact) mass is 335 g/mol. The Bertz CT molecular complexity index is 411. The fourth-order valence-corrected chi connectivity index (χ4v) is 2.56. The van der Waals surface area contributed by atoms with Crippen LogP contribution in [0.3, 0.4) is 0 Å². The van der Waals surface area contributed by atoms with Gasteiger partial charge in [-0.2, -0.15) is 0 Å². The first kappa shape index (κ1) is 10.1. The molecule has 80 valence electrons. The van der Waals surface area contributed by atoms with E-state index in [1.165, 1.54) is 12.8 Å². The van der Waals surface area contributed by atoms with Crippen molar-refractivity contribution >= 4 is 40.4 Å². The number of aromatic nitrogens is 3. The van der Waals surface area contributed by atoms with Gasteiger partial charge in [-0.15, -0.1) is 21.8 Å². The number of hydrogen-bond donors (Lipinski definition) is 0. The molecule has 1 aromatic rings. The Balaban J connectivity index is 1.94. The standard InChI is InChI=1S/C10H11ClIN3/c11-9-7(12)3-4-15-8(5-6-1-2-6)13-14-10(9)15/h3-4,6-7,9H,1-2,5H2. The lowest BCUT2D eigenvalue weighted by Gasteiger charge is -2.18. The first-order valence-corrected chi connectivity index (χ1v) is 6.84. The predicted octanol–water partition coefficient (Wildman–Crippen LogP) is 2.80. The third-order valence-electron chi connectivity index (χ3n) is 2.91. The number of alkyl halides is 2. The molecule has 3 rings (SSSR count). The van der Waals surface area contributed by atoms with Crippen LogP contribution in [-0.4, -0.2) is 18.7 Å². The third-order valence-corrected chi connectivity index (χ3v) is 4.93. The number of fused-ring (bicyclic) bond motifs is 1. The molecule has 2 heterocycles. The van der Waals surface area contributed by atoms with Crippen molar-refractivity contribution in [2.45, 2.75) is 28.6 Å². The Kier molecular flexibility index (Phi) is 2.51. The lowest BCUT2D eigenvalue weighted by Crippen LogP contribution is -2.15. The SMILES string of the molecule is ClC1c2nnc(CC3CC3)n2C=CC1I. The van der Waals surface area contributed by atoms with Gasteiger partial charge in [-0.3, -0.25) is 4.57 Å². The van der Waals surface area contributed by atoms with Crippen LogP contribution in [0.5, 0.6) is 0 Å². The molecule has 0 spiro atoms. The maximum atomic E-state index is 6.28. The Hall–Kier alpha value is -0.100. The van der Waals surface area contributed by atoms with Crippen molar-refractivity contribution in [3.8, 4) is 0 Å². The molecule has 0 radical (unpaired) electrons. The highest BCUT2D eigenvalue weighted by molar-refractivity contribution is 14.1. The van der Waals surface area contributed by atoms with E-state index < -0.39 is 0 Å². The molecule has 0 amide bonds. The molecule has 1 fully saturated rings. The average Bonchev–Trinajstić information content (AvgIpc) is 2.93. The summed E-state index contributed by atoms with van der Waals surface area (Å²) in [6, 6.07) is 0. The van der Waals surface area contributed by atoms with Crippen LogP contribution in [-0.2, 0) is 6.42 Å². The highest BCUT2D eigenvalue weighted by atomic mass is 127. The minimum Gasteiger partial charge on any atom is -0.289 e. The number of nitrogens with zero attached hydrogens (tertiary/aromatic N) is 3. The van der Waals surface area contributed by atoms with Gasteiger partial charge >= 0.3 is 0 Å². The summed E-state index contributed by atoms with van der Waals surface area (Å²) in [6.07, 6.45) is 7.90. The fraction of sp³-hybridized carbons (Fsp3) is 0.600. The summed E-state index contributed by atoms with van der Waals surface area (Å²) in [4.78, 5) is 0. The normalized spacial score (nSPS) is 29.2. The maximum absolute atomic E-state index is 6.28. The van der Waals surface area contributed by atoms with E-state index >= 15 is 0 Å². The molecule has 0 N–H and O–H groups in total. The van der Waals surface area contributed by atoms with E-state index in [4.69, 9.17) is 11.6 Å². The topological polar surface area (TPSA) is 30.7 Å². The Labute approximate surface area is 107 Å². The second-order valence-corrected chi connectivity index (χ2v) is 6.09. The molecular formula is C10H11ClIN3. The van der Waals surface area contributed by atoms with E-state index in [2.05, 4.69) is 49.6 Å². The minimum absolute atomic E-state index is 0.0453. The highest BCUT2D eigenvalue weighted by Gasteiger charge is 2.29. The van der Waals surface area contributed by atoms with Crippen LogP contribution < -0.4 is 0 Å². The van der Waals surface area contributed by atoms with Gasteiger partial charge in [0.15, 0.2) is 5.82 Å². The number of hydrogen-bond acceptors (Lipinski definition) is 2. The van der Waals surface area contributed by atoms with E-state index in [0.29, 0.717) is 3.92 Å². The molecule has 2 unspecified atom stereocenters. The van der Waals surface area contributed by atoms with Crippen LogP contribution in [0.15, 0.2) is 6.08 Å². The molecule has 15 heavy (non-hydrogen) atoms. The van der Waals surface area contributed by atoms with Crippen molar-refractivity contribution in [3.63, 3.8) is 0 Å². The van der Waals surface area contributed by atoms with Crippen LogP contribution in [0.25, 0.3) is 6.20 Å². The summed E-state index contributed by atoms with van der Waals surface area (Å²) >= 11 is 8.61. The van der Waals surface area contributed by atoms with Crippen LogP contribution in [0.4, 0.5) is 0 Å². The zero-order valence-corrected chi connectivity index (χ0v) is 11.0. The maximum Gasteiger partial charge on any atom is 0.156 e. The molecule has 5 heteroatoms. The quantitative estimate of drug-likeness (QED) is 0.615. The van der Waals surface area contributed by atoms with Gasteiger partial charge in [0.1, 0.15) is 11.2 Å². The lowest BCUT2D eigenvalue weighted by molar-refractivity contribution is 0.742. The molecule has 1 saturated carbocycles. The summed E-state index contributed by atoms with van der Waals surface area (Å²) in [5, 5.41) is 8.39. The summed E-state index contributed by atoms with van der Waals surface area (Å²) in [5.74, 6) is 2.80. The molecule has 0 aromatic carbocycles. The van der Waals surface area contributed by atoms with Gasteiger partial charge in [0, 0.05) is 12.6 Å². The fourth-order valence-electron chi connectivity index (χ4n) is 1.82. The van der Waals surface area contributed by atoms with Gasteiger partial charge in [0.05, 0.1) is 3.92 Å². The van der Waals surface area contributed by atoms with Gasteiger partial charge in [-0.05, 0) is 18.8 Å². The van der Waals surface area contributed by atoms with E-state index in [-0.39, 0.29) is 5.38 Å². The Morgan fingerprint density at radius 1 is 1.47 bits per heavy atom. The van der Waals surface area contributed by atoms with E-state index in [1.54, 1.807) is 0 Å². The number of halogens is 2. The molecule has 1 aliphatic heterocycles. The van der Waals surface area contributed by atoms with Gasteiger partial charge in [-0.25, -0.2) is 0 Å². The molecular weight excluding hydrogens is 324 g/mol. The van der Waals surface area contributed by atoms with Gasteiger partial charge < -0.3 is 0 Å². The van der Waals surface area contributed by atoms with Crippen LogP contribution in [0.1, 0.15) is 29.9 Å². The summed E-state index contributed by atoms with van der Waals surface area (Å²) in [5.41, 5.74) is 0. The summed E-state index contributed by atoms with van der Waals surface area (Å²) < 4.78 is 2.38. The van der Waals surface area contributed by atoms with Gasteiger partial charge in [0.2, 0.25) is 0 Å². The minimum atomic E-state index is -0.0453. The second-order valence-electron chi connectivity index (χ2n) is 4.18. The number of allylic oxidation sites excluding steroid dienone is 1. The van der Waals surface area contributed by atoms with Crippen molar-refractivity contribution in [2.75, 3.05) is 0 Å². The van der Waals surface area contributed by atoms with Crippen LogP contribution in [0.2, 0.25) is 0 Å². The second kappa shape index (κ2) is 3.73. The van der Waals surface area contributed by atoms with E-state index in [0.717, 1.165) is 24.0 Å². The first-order chi connectivity index (χ1) is 7.25. The van der Waals surface area contributed by atoms with Crippen molar-refractivity contribution in [3.05, 3.63) is 17.7 Å². The molecule has 2 atom stereocenters. The lowest BCUT2D eigenvalue weighted by atomic mass is 10.2.